The van der Waals surface area contributed by atoms with Crippen LogP contribution >= 0.6 is 0 Å². The first-order valence-electron chi connectivity index (χ1n) is 10.2. The highest BCUT2D eigenvalue weighted by Crippen LogP contribution is 2.21. The number of hydrogen-bond acceptors (Lipinski definition) is 5. The fourth-order valence-corrected chi connectivity index (χ4v) is 5.12. The van der Waals surface area contributed by atoms with Crippen molar-refractivity contribution >= 4 is 21.8 Å². The van der Waals surface area contributed by atoms with E-state index in [1.807, 2.05) is 18.2 Å². The highest BCUT2D eigenvalue weighted by Gasteiger charge is 2.27. The molecule has 2 heterocycles. The number of nitrogens with zero attached hydrogens (tertiary/aromatic N) is 3. The van der Waals surface area contributed by atoms with Gasteiger partial charge < -0.3 is 0 Å². The molecule has 9 nitrogen and oxygen atoms in total. The van der Waals surface area contributed by atoms with Gasteiger partial charge in [0, 0.05) is 31.0 Å². The average Bonchev–Trinajstić information content (AvgIpc) is 3.53. The van der Waals surface area contributed by atoms with Crippen molar-refractivity contribution in [2.24, 2.45) is 0 Å². The molecule has 0 bridgehead atoms. The Morgan fingerprint density at radius 1 is 0.906 bits per heavy atom. The Kier molecular flexibility index (Phi) is 6.33. The first-order valence-corrected chi connectivity index (χ1v) is 11.7. The van der Waals surface area contributed by atoms with Crippen molar-refractivity contribution in [3.8, 4) is 0 Å². The molecule has 1 atom stereocenters. The predicted molar refractivity (Wildman–Crippen MR) is 117 cm³/mol. The molecule has 1 aliphatic heterocycles. The summed E-state index contributed by atoms with van der Waals surface area (Å²) in [7, 11) is -3.55. The van der Waals surface area contributed by atoms with Gasteiger partial charge in [-0.15, -0.1) is 0 Å². The lowest BCUT2D eigenvalue weighted by Crippen LogP contribution is -2.45. The molecule has 3 aromatic rings. The molecule has 166 valence electrons. The maximum atomic E-state index is 12.8. The van der Waals surface area contributed by atoms with E-state index >= 15 is 0 Å². The number of sulfonamides is 1. The van der Waals surface area contributed by atoms with Crippen molar-refractivity contribution in [1.82, 2.24) is 24.9 Å². The Balaban J connectivity index is 1.43. The number of nitrogens with one attached hydrogen (secondary N) is 2. The Morgan fingerprint density at radius 3 is 2.22 bits per heavy atom. The van der Waals surface area contributed by atoms with E-state index in [1.165, 1.54) is 33.3 Å². The monoisotopic (exact) mass is 453 g/mol. The van der Waals surface area contributed by atoms with Gasteiger partial charge in [0.2, 0.25) is 10.0 Å². The fourth-order valence-electron chi connectivity index (χ4n) is 3.61. The lowest BCUT2D eigenvalue weighted by Gasteiger charge is -2.18. The van der Waals surface area contributed by atoms with Crippen molar-refractivity contribution in [2.45, 2.75) is 23.8 Å². The first-order chi connectivity index (χ1) is 15.5. The summed E-state index contributed by atoms with van der Waals surface area (Å²) >= 11 is 0. The summed E-state index contributed by atoms with van der Waals surface area (Å²) in [6, 6.07) is 15.7. The van der Waals surface area contributed by atoms with Crippen LogP contribution in [0.25, 0.3) is 0 Å². The van der Waals surface area contributed by atoms with E-state index < -0.39 is 27.9 Å². The quantitative estimate of drug-likeness (QED) is 0.552. The molecule has 1 aromatic heterocycles. The number of hydrogen-bond donors (Lipinski definition) is 2. The summed E-state index contributed by atoms with van der Waals surface area (Å²) in [5.41, 5.74) is 5.75. The molecule has 2 amide bonds. The lowest BCUT2D eigenvalue weighted by atomic mass is 10.1. The largest absolute Gasteiger partial charge is 0.270 e. The predicted octanol–water partition coefficient (Wildman–Crippen LogP) is 1.72. The normalized spacial score (nSPS) is 15.2. The summed E-state index contributed by atoms with van der Waals surface area (Å²) in [4.78, 5) is 25.5. The molecule has 4 rings (SSSR count). The van der Waals surface area contributed by atoms with E-state index in [0.717, 1.165) is 12.8 Å². The first kappa shape index (κ1) is 21.7. The molecule has 0 saturated carbocycles. The van der Waals surface area contributed by atoms with Crippen LogP contribution in [0.15, 0.2) is 78.0 Å². The van der Waals surface area contributed by atoms with Gasteiger partial charge in [-0.3, -0.25) is 25.1 Å². The third-order valence-corrected chi connectivity index (χ3v) is 7.18. The van der Waals surface area contributed by atoms with Gasteiger partial charge in [0.1, 0.15) is 0 Å². The number of amides is 2. The van der Waals surface area contributed by atoms with Crippen LogP contribution in [0.3, 0.4) is 0 Å². The lowest BCUT2D eigenvalue weighted by molar-refractivity contribution is -0.124. The van der Waals surface area contributed by atoms with E-state index in [-0.39, 0.29) is 10.5 Å². The van der Waals surface area contributed by atoms with Gasteiger partial charge in [0.25, 0.3) is 11.8 Å². The Hall–Kier alpha value is -3.50. The second-order valence-electron chi connectivity index (χ2n) is 7.38. The molecule has 2 N–H and O–H groups in total. The number of hydrazine groups is 1. The van der Waals surface area contributed by atoms with Crippen molar-refractivity contribution in [1.29, 1.82) is 0 Å². The molecule has 1 aliphatic rings. The Labute approximate surface area is 186 Å². The molecule has 0 spiro atoms. The molecule has 0 aliphatic carbocycles. The zero-order chi connectivity index (χ0) is 22.6. The average molecular weight is 454 g/mol. The second kappa shape index (κ2) is 9.33. The van der Waals surface area contributed by atoms with Crippen LogP contribution in [0.4, 0.5) is 0 Å². The van der Waals surface area contributed by atoms with Gasteiger partial charge in [-0.2, -0.15) is 9.40 Å². The molecule has 10 heteroatoms. The minimum Gasteiger partial charge on any atom is -0.270 e. The summed E-state index contributed by atoms with van der Waals surface area (Å²) in [6.07, 6.45) is 4.93. The topological polar surface area (TPSA) is 113 Å². The van der Waals surface area contributed by atoms with Crippen LogP contribution in [0, 0.1) is 0 Å². The van der Waals surface area contributed by atoms with Crippen LogP contribution in [-0.2, 0) is 14.8 Å². The molecule has 1 saturated heterocycles. The van der Waals surface area contributed by atoms with Crippen molar-refractivity contribution in [3.63, 3.8) is 0 Å². The van der Waals surface area contributed by atoms with Crippen LogP contribution in [-0.4, -0.2) is 47.4 Å². The van der Waals surface area contributed by atoms with Gasteiger partial charge in [0.15, 0.2) is 6.04 Å². The van der Waals surface area contributed by atoms with Gasteiger partial charge in [-0.1, -0.05) is 30.3 Å². The minimum atomic E-state index is -3.55. The van der Waals surface area contributed by atoms with E-state index in [4.69, 9.17) is 0 Å². The second-order valence-corrected chi connectivity index (χ2v) is 9.32. The highest BCUT2D eigenvalue weighted by atomic mass is 32.2. The molecule has 0 radical (unpaired) electrons. The Morgan fingerprint density at radius 2 is 1.59 bits per heavy atom. The summed E-state index contributed by atoms with van der Waals surface area (Å²) < 4.78 is 28.2. The number of benzene rings is 2. The number of carbonyl (C=O) groups is 2. The van der Waals surface area contributed by atoms with Crippen molar-refractivity contribution < 1.29 is 18.0 Å². The van der Waals surface area contributed by atoms with Gasteiger partial charge >= 0.3 is 0 Å². The standard InChI is InChI=1S/C22H23N5O4S/c28-21(18-9-11-19(12-10-18)32(30,31)26-14-4-5-15-26)24-25-22(29)20(27-16-6-13-23-27)17-7-2-1-3-8-17/h1-3,6-13,16,20H,4-5,14-15H2,(H,24,28)(H,25,29). The molecular weight excluding hydrogens is 430 g/mol. The van der Waals surface area contributed by atoms with Crippen molar-refractivity contribution in [3.05, 3.63) is 84.2 Å². The van der Waals surface area contributed by atoms with Crippen LogP contribution in [0.1, 0.15) is 34.8 Å². The molecular formula is C22H23N5O4S. The van der Waals surface area contributed by atoms with Gasteiger partial charge in [-0.05, 0) is 48.7 Å². The zero-order valence-corrected chi connectivity index (χ0v) is 18.0. The van der Waals surface area contributed by atoms with Crippen molar-refractivity contribution in [2.75, 3.05) is 13.1 Å². The summed E-state index contributed by atoms with van der Waals surface area (Å²) in [5.74, 6) is -1.03. The minimum absolute atomic E-state index is 0.141. The maximum absolute atomic E-state index is 12.8. The van der Waals surface area contributed by atoms with E-state index in [1.54, 1.807) is 30.6 Å². The Bertz CT molecular complexity index is 1170. The highest BCUT2D eigenvalue weighted by molar-refractivity contribution is 7.89. The van der Waals surface area contributed by atoms with E-state index in [0.29, 0.717) is 18.7 Å². The summed E-state index contributed by atoms with van der Waals surface area (Å²) in [5, 5.41) is 4.15. The SMILES string of the molecule is O=C(NNC(=O)C(c1ccccc1)n1cccn1)c1ccc(S(=O)(=O)N2CCCC2)cc1. The zero-order valence-electron chi connectivity index (χ0n) is 17.2. The summed E-state index contributed by atoms with van der Waals surface area (Å²) in [6.45, 7) is 1.02. The molecule has 1 fully saturated rings. The number of aromatic nitrogens is 2. The molecule has 32 heavy (non-hydrogen) atoms. The fraction of sp³-hybridized carbons (Fsp3) is 0.227. The number of carbonyl (C=O) groups excluding carboxylic acids is 2. The molecule has 1 unspecified atom stereocenters. The number of rotatable bonds is 6. The van der Waals surface area contributed by atoms with E-state index in [9.17, 15) is 18.0 Å². The molecule has 2 aromatic carbocycles. The van der Waals surface area contributed by atoms with Crippen LogP contribution in [0.2, 0.25) is 0 Å². The van der Waals surface area contributed by atoms with Gasteiger partial charge in [-0.25, -0.2) is 8.42 Å². The smallest absolute Gasteiger partial charge is 0.269 e. The van der Waals surface area contributed by atoms with E-state index in [2.05, 4.69) is 16.0 Å². The van der Waals surface area contributed by atoms with Crippen LogP contribution in [0.5, 0.6) is 0 Å². The third-order valence-electron chi connectivity index (χ3n) is 5.27. The maximum Gasteiger partial charge on any atom is 0.269 e. The van der Waals surface area contributed by atoms with Crippen LogP contribution < -0.4 is 10.9 Å². The third kappa shape index (κ3) is 4.56. The van der Waals surface area contributed by atoms with Gasteiger partial charge in [0.05, 0.1) is 4.90 Å².